The van der Waals surface area contributed by atoms with Crippen LogP contribution in [0.3, 0.4) is 0 Å². The minimum atomic E-state index is -5.12. The Kier molecular flexibility index (Phi) is 8.96. The van der Waals surface area contributed by atoms with Gasteiger partial charge in [-0.2, -0.15) is 26.3 Å². The van der Waals surface area contributed by atoms with E-state index in [9.17, 15) is 41.0 Å². The minimum absolute atomic E-state index is 0.0186. The molecule has 5 nitrogen and oxygen atoms in total. The summed E-state index contributed by atoms with van der Waals surface area (Å²) in [5, 5.41) is 9.86. The number of anilines is 1. The molecule has 4 atom stereocenters. The summed E-state index contributed by atoms with van der Waals surface area (Å²) in [6.45, 7) is 6.11. The standard InChI is InChI=1S/C34H35F6NO4/c1-4-6-19(11-20-7-5-8-24(42)12-20)9-10-28-29-25(18(2)3)16-26-30(27(29)17-45-28)32(44)41(31(26)43)23-14-21(33(35,36)37)13-22(15-23)34(38,39)40/h5,7-8,11-15,18,26-28,30,42H,4,6,9-10,16-17H2,1-3H3/b19-11+/t26-,27+,28-,30-/m1/s1. The normalized spacial score (nSPS) is 24.1. The number of carbonyl (C=O) groups is 2. The second kappa shape index (κ2) is 12.3. The van der Waals surface area contributed by atoms with Crippen molar-refractivity contribution in [2.24, 2.45) is 23.7 Å². The maximum Gasteiger partial charge on any atom is 0.416 e. The SMILES string of the molecule is CCC/C(=C\c1cccc(O)c1)CC[C@H]1OC[C@H]2C1=C(C(C)C)C[C@H]1C(=O)N(c3cc(C(F)(F)F)cc(C(F)(F)F)c3)C(=O)[C@H]12. The average Bonchev–Trinajstić information content (AvgIpc) is 3.48. The quantitative estimate of drug-likeness (QED) is 0.179. The van der Waals surface area contributed by atoms with Crippen molar-refractivity contribution in [3.05, 3.63) is 75.9 Å². The fraction of sp³-hybridized carbons (Fsp3) is 0.471. The summed E-state index contributed by atoms with van der Waals surface area (Å²) in [5.41, 5.74) is -0.0245. The molecule has 5 rings (SSSR count). The molecule has 0 bridgehead atoms. The predicted molar refractivity (Wildman–Crippen MR) is 156 cm³/mol. The number of aromatic hydroxyl groups is 1. The Morgan fingerprint density at radius 2 is 1.64 bits per heavy atom. The summed E-state index contributed by atoms with van der Waals surface area (Å²) >= 11 is 0. The number of fused-ring (bicyclic) bond motifs is 3. The molecule has 0 aromatic heterocycles. The molecule has 0 saturated carbocycles. The van der Waals surface area contributed by atoms with Gasteiger partial charge in [-0.1, -0.05) is 56.5 Å². The number of halogens is 6. The van der Waals surface area contributed by atoms with Crippen molar-refractivity contribution in [1.29, 1.82) is 0 Å². The molecular formula is C34H35F6NO4. The Morgan fingerprint density at radius 3 is 2.22 bits per heavy atom. The Hall–Kier alpha value is -3.60. The lowest BCUT2D eigenvalue weighted by molar-refractivity contribution is -0.143. The molecule has 1 N–H and O–H groups in total. The lowest BCUT2D eigenvalue weighted by Crippen LogP contribution is -2.35. The highest BCUT2D eigenvalue weighted by molar-refractivity contribution is 6.22. The molecule has 11 heteroatoms. The lowest BCUT2D eigenvalue weighted by atomic mass is 9.67. The Morgan fingerprint density at radius 1 is 0.978 bits per heavy atom. The minimum Gasteiger partial charge on any atom is -0.508 e. The maximum absolute atomic E-state index is 13.8. The van der Waals surface area contributed by atoms with E-state index in [0.29, 0.717) is 29.9 Å². The van der Waals surface area contributed by atoms with Crippen molar-refractivity contribution in [3.63, 3.8) is 0 Å². The highest BCUT2D eigenvalue weighted by Crippen LogP contribution is 2.52. The first-order valence-corrected chi connectivity index (χ1v) is 15.1. The molecule has 1 aliphatic carbocycles. The van der Waals surface area contributed by atoms with E-state index in [-0.39, 0.29) is 36.9 Å². The highest BCUT2D eigenvalue weighted by atomic mass is 19.4. The van der Waals surface area contributed by atoms with Crippen LogP contribution in [0.4, 0.5) is 32.0 Å². The first kappa shape index (κ1) is 32.8. The van der Waals surface area contributed by atoms with Crippen molar-refractivity contribution < 1.29 is 45.8 Å². The van der Waals surface area contributed by atoms with Gasteiger partial charge in [-0.15, -0.1) is 0 Å². The van der Waals surface area contributed by atoms with Gasteiger partial charge in [-0.25, -0.2) is 4.90 Å². The van der Waals surface area contributed by atoms with Crippen molar-refractivity contribution in [2.75, 3.05) is 11.5 Å². The molecular weight excluding hydrogens is 600 g/mol. The number of imide groups is 1. The van der Waals surface area contributed by atoms with Crippen LogP contribution < -0.4 is 4.90 Å². The van der Waals surface area contributed by atoms with E-state index in [2.05, 4.69) is 6.92 Å². The second-order valence-corrected chi connectivity index (χ2v) is 12.4. The van der Waals surface area contributed by atoms with Crippen LogP contribution in [-0.4, -0.2) is 29.6 Å². The third kappa shape index (κ3) is 6.55. The molecule has 2 heterocycles. The number of hydrogen-bond acceptors (Lipinski definition) is 4. The number of nitrogens with zero attached hydrogens (tertiary/aromatic N) is 1. The largest absolute Gasteiger partial charge is 0.508 e. The van der Waals surface area contributed by atoms with E-state index < -0.39 is 58.7 Å². The molecule has 2 saturated heterocycles. The smallest absolute Gasteiger partial charge is 0.416 e. The number of allylic oxidation sites excluding steroid dienone is 2. The van der Waals surface area contributed by atoms with E-state index in [4.69, 9.17) is 4.74 Å². The summed E-state index contributed by atoms with van der Waals surface area (Å²) in [4.78, 5) is 28.0. The van der Waals surface area contributed by atoms with Gasteiger partial charge in [0.05, 0.1) is 41.4 Å². The average molecular weight is 636 g/mol. The zero-order chi connectivity index (χ0) is 32.8. The third-order valence-electron chi connectivity index (χ3n) is 9.01. The van der Waals surface area contributed by atoms with Crippen molar-refractivity contribution in [3.8, 4) is 5.75 Å². The van der Waals surface area contributed by atoms with Crippen LogP contribution >= 0.6 is 0 Å². The zero-order valence-electron chi connectivity index (χ0n) is 25.1. The number of rotatable bonds is 8. The van der Waals surface area contributed by atoms with E-state index in [1.165, 1.54) is 0 Å². The molecule has 3 aliphatic rings. The van der Waals surface area contributed by atoms with Crippen LogP contribution in [0.1, 0.15) is 69.6 Å². The van der Waals surface area contributed by atoms with Crippen LogP contribution in [-0.2, 0) is 26.7 Å². The number of alkyl halides is 6. The fourth-order valence-corrected chi connectivity index (χ4v) is 7.04. The Balaban J connectivity index is 1.45. The Labute approximate surface area is 257 Å². The number of amides is 2. The van der Waals surface area contributed by atoms with Gasteiger partial charge in [0, 0.05) is 5.92 Å². The molecule has 0 unspecified atom stereocenters. The molecule has 2 aromatic rings. The van der Waals surface area contributed by atoms with E-state index in [0.717, 1.165) is 35.1 Å². The molecule has 0 spiro atoms. The van der Waals surface area contributed by atoms with Crippen LogP contribution in [0, 0.1) is 23.7 Å². The first-order chi connectivity index (χ1) is 21.1. The molecule has 2 aliphatic heterocycles. The van der Waals surface area contributed by atoms with Crippen LogP contribution in [0.5, 0.6) is 5.75 Å². The zero-order valence-corrected chi connectivity index (χ0v) is 25.1. The Bertz CT molecular complexity index is 1510. The van der Waals surface area contributed by atoms with Gasteiger partial charge in [0.1, 0.15) is 5.75 Å². The number of phenols is 1. The predicted octanol–water partition coefficient (Wildman–Crippen LogP) is 8.57. The van der Waals surface area contributed by atoms with Crippen molar-refractivity contribution in [1.82, 2.24) is 0 Å². The van der Waals surface area contributed by atoms with E-state index in [1.54, 1.807) is 18.2 Å². The molecule has 45 heavy (non-hydrogen) atoms. The van der Waals surface area contributed by atoms with Crippen LogP contribution in [0.25, 0.3) is 6.08 Å². The fourth-order valence-electron chi connectivity index (χ4n) is 7.04. The number of hydrogen-bond donors (Lipinski definition) is 1. The van der Waals surface area contributed by atoms with Crippen LogP contribution in [0.2, 0.25) is 0 Å². The van der Waals surface area contributed by atoms with Crippen molar-refractivity contribution >= 4 is 23.6 Å². The summed E-state index contributed by atoms with van der Waals surface area (Å²) < 4.78 is 87.8. The molecule has 242 valence electrons. The number of benzene rings is 2. The molecule has 0 radical (unpaired) electrons. The third-order valence-corrected chi connectivity index (χ3v) is 9.01. The van der Waals surface area contributed by atoms with Gasteiger partial charge in [-0.05, 0) is 73.1 Å². The molecule has 2 amide bonds. The van der Waals surface area contributed by atoms with Gasteiger partial charge in [-0.3, -0.25) is 9.59 Å². The number of carbonyl (C=O) groups excluding carboxylic acids is 2. The summed E-state index contributed by atoms with van der Waals surface area (Å²) in [5.74, 6) is -3.81. The van der Waals surface area contributed by atoms with Gasteiger partial charge >= 0.3 is 12.4 Å². The topological polar surface area (TPSA) is 66.8 Å². The maximum atomic E-state index is 13.8. The molecule has 2 aromatic carbocycles. The summed E-state index contributed by atoms with van der Waals surface area (Å²) in [6, 6.07) is 7.78. The highest BCUT2D eigenvalue weighted by Gasteiger charge is 2.58. The van der Waals surface area contributed by atoms with Gasteiger partial charge in [0.2, 0.25) is 11.8 Å². The van der Waals surface area contributed by atoms with Crippen molar-refractivity contribution in [2.45, 2.75) is 71.3 Å². The van der Waals surface area contributed by atoms with Gasteiger partial charge < -0.3 is 9.84 Å². The summed E-state index contributed by atoms with van der Waals surface area (Å²) in [6.07, 6.45) is -5.37. The molecule has 2 fully saturated rings. The number of phenolic OH excluding ortho intramolecular Hbond substituents is 1. The first-order valence-electron chi connectivity index (χ1n) is 15.1. The van der Waals surface area contributed by atoms with E-state index >= 15 is 0 Å². The monoisotopic (exact) mass is 635 g/mol. The number of ether oxygens (including phenoxy) is 1. The van der Waals surface area contributed by atoms with Gasteiger partial charge in [0.15, 0.2) is 0 Å². The van der Waals surface area contributed by atoms with Gasteiger partial charge in [0.25, 0.3) is 0 Å². The summed E-state index contributed by atoms with van der Waals surface area (Å²) in [7, 11) is 0. The van der Waals surface area contributed by atoms with E-state index in [1.807, 2.05) is 26.0 Å². The van der Waals surface area contributed by atoms with Crippen LogP contribution in [0.15, 0.2) is 59.2 Å². The second-order valence-electron chi connectivity index (χ2n) is 12.4. The lowest BCUT2D eigenvalue weighted by Gasteiger charge is -2.33.